The van der Waals surface area contributed by atoms with E-state index in [4.69, 9.17) is 9.84 Å². The summed E-state index contributed by atoms with van der Waals surface area (Å²) < 4.78 is 6.87. The van der Waals surface area contributed by atoms with Crippen molar-refractivity contribution in [2.45, 2.75) is 32.7 Å². The van der Waals surface area contributed by atoms with Gasteiger partial charge in [-0.3, -0.25) is 9.59 Å². The van der Waals surface area contributed by atoms with Gasteiger partial charge in [-0.25, -0.2) is 9.80 Å². The highest BCUT2D eigenvalue weighted by molar-refractivity contribution is 6.15. The van der Waals surface area contributed by atoms with E-state index in [0.717, 1.165) is 16.5 Å². The third-order valence-electron chi connectivity index (χ3n) is 6.04. The number of carboxylic acid groups (broad SMARTS) is 1. The van der Waals surface area contributed by atoms with Crippen LogP contribution in [-0.4, -0.2) is 40.3 Å². The second kappa shape index (κ2) is 8.90. The fraction of sp³-hybridized carbons (Fsp3) is 0.280. The van der Waals surface area contributed by atoms with Crippen LogP contribution in [0.5, 0.6) is 0 Å². The van der Waals surface area contributed by atoms with Crippen LogP contribution in [0.4, 0.5) is 5.69 Å². The van der Waals surface area contributed by atoms with Crippen LogP contribution in [0.15, 0.2) is 59.8 Å². The van der Waals surface area contributed by atoms with Crippen LogP contribution < -0.4 is 5.01 Å². The van der Waals surface area contributed by atoms with Gasteiger partial charge in [-0.05, 0) is 56.2 Å². The zero-order chi connectivity index (χ0) is 23.7. The summed E-state index contributed by atoms with van der Waals surface area (Å²) >= 11 is 0. The number of hydrogen-bond acceptors (Lipinski definition) is 5. The van der Waals surface area contributed by atoms with Gasteiger partial charge in [0.1, 0.15) is 0 Å². The Bertz CT molecular complexity index is 1260. The molecule has 2 unspecified atom stereocenters. The third kappa shape index (κ3) is 4.24. The number of para-hydroxylation sites is 1. The van der Waals surface area contributed by atoms with Crippen molar-refractivity contribution in [2.24, 2.45) is 11.0 Å². The summed E-state index contributed by atoms with van der Waals surface area (Å²) in [4.78, 5) is 36.1. The number of nitrogens with zero attached hydrogens (tertiary/aromatic N) is 3. The number of aromatic carboxylic acids is 1. The molecule has 0 spiro atoms. The molecule has 1 aromatic heterocycles. The molecule has 3 aromatic rings. The van der Waals surface area contributed by atoms with Crippen molar-refractivity contribution in [3.63, 3.8) is 0 Å². The maximum Gasteiger partial charge on any atom is 0.335 e. The highest BCUT2D eigenvalue weighted by atomic mass is 16.5. The number of hydrazone groups is 1. The number of carbonyl (C=O) groups is 3. The van der Waals surface area contributed by atoms with E-state index in [-0.39, 0.29) is 29.9 Å². The smallest absolute Gasteiger partial charge is 0.335 e. The summed E-state index contributed by atoms with van der Waals surface area (Å²) in [6.45, 7) is 3.79. The quantitative estimate of drug-likeness (QED) is 0.551. The molecule has 0 fully saturated rings. The maximum atomic E-state index is 13.2. The molecular formula is C25H25N3O5. The molecule has 4 rings (SSSR count). The van der Waals surface area contributed by atoms with Crippen molar-refractivity contribution in [3.8, 4) is 0 Å². The summed E-state index contributed by atoms with van der Waals surface area (Å²) in [5.74, 6) is -1.89. The second-order valence-corrected chi connectivity index (χ2v) is 8.21. The number of carbonyl (C=O) groups excluding carboxylic acids is 2. The first-order valence-electron chi connectivity index (χ1n) is 10.7. The molecule has 1 N–H and O–H groups in total. The first-order valence-corrected chi connectivity index (χ1v) is 10.7. The third-order valence-corrected chi connectivity index (χ3v) is 6.04. The minimum Gasteiger partial charge on any atom is -0.478 e. The molecule has 8 heteroatoms. The maximum absolute atomic E-state index is 13.2. The molecule has 0 aliphatic carbocycles. The van der Waals surface area contributed by atoms with Crippen molar-refractivity contribution in [3.05, 3.63) is 65.9 Å². The van der Waals surface area contributed by atoms with E-state index in [0.29, 0.717) is 17.8 Å². The van der Waals surface area contributed by atoms with Crippen LogP contribution in [0.1, 0.15) is 42.2 Å². The Labute approximate surface area is 191 Å². The molecular weight excluding hydrogens is 422 g/mol. The van der Waals surface area contributed by atoms with E-state index in [9.17, 15) is 14.4 Å². The van der Waals surface area contributed by atoms with Gasteiger partial charge in [0.2, 0.25) is 0 Å². The SMILES string of the molecule is COC(=O)CC(C)n1cc(CC2C(=O)N(c3ccc(C(=O)O)cc3)N=C2C)c2ccccc21. The van der Waals surface area contributed by atoms with E-state index < -0.39 is 11.9 Å². The lowest BCUT2D eigenvalue weighted by Crippen LogP contribution is -2.28. The fourth-order valence-corrected chi connectivity index (χ4v) is 4.22. The van der Waals surface area contributed by atoms with Gasteiger partial charge in [0.15, 0.2) is 0 Å². The zero-order valence-corrected chi connectivity index (χ0v) is 18.7. The molecule has 2 aromatic carbocycles. The van der Waals surface area contributed by atoms with E-state index in [2.05, 4.69) is 9.67 Å². The van der Waals surface area contributed by atoms with Gasteiger partial charge >= 0.3 is 11.9 Å². The van der Waals surface area contributed by atoms with Gasteiger partial charge in [-0.15, -0.1) is 0 Å². The van der Waals surface area contributed by atoms with Crippen molar-refractivity contribution >= 4 is 40.1 Å². The Kier molecular flexibility index (Phi) is 6.00. The molecule has 0 bridgehead atoms. The molecule has 0 saturated carbocycles. The first kappa shape index (κ1) is 22.3. The minimum atomic E-state index is -1.02. The summed E-state index contributed by atoms with van der Waals surface area (Å²) in [7, 11) is 1.38. The lowest BCUT2D eigenvalue weighted by atomic mass is 9.95. The Morgan fingerprint density at radius 2 is 1.85 bits per heavy atom. The summed E-state index contributed by atoms with van der Waals surface area (Å²) in [6.07, 6.45) is 2.72. The molecule has 0 radical (unpaired) electrons. The van der Waals surface area contributed by atoms with Gasteiger partial charge in [-0.2, -0.15) is 5.10 Å². The average molecular weight is 447 g/mol. The monoisotopic (exact) mass is 447 g/mol. The van der Waals surface area contributed by atoms with Crippen LogP contribution in [-0.2, 0) is 20.7 Å². The predicted octanol–water partition coefficient (Wildman–Crippen LogP) is 4.05. The van der Waals surface area contributed by atoms with E-state index in [1.54, 1.807) is 12.1 Å². The number of esters is 1. The van der Waals surface area contributed by atoms with Crippen LogP contribution in [0, 0.1) is 5.92 Å². The normalized spacial score (nSPS) is 16.7. The van der Waals surface area contributed by atoms with Gasteiger partial charge in [0, 0.05) is 28.9 Å². The van der Waals surface area contributed by atoms with Crippen molar-refractivity contribution < 1.29 is 24.2 Å². The van der Waals surface area contributed by atoms with Crippen LogP contribution in [0.25, 0.3) is 10.9 Å². The molecule has 2 atom stereocenters. The number of ether oxygens (including phenoxy) is 1. The largest absolute Gasteiger partial charge is 0.478 e. The first-order chi connectivity index (χ1) is 15.8. The molecule has 8 nitrogen and oxygen atoms in total. The highest BCUT2D eigenvalue weighted by Gasteiger charge is 2.35. The molecule has 0 saturated heterocycles. The van der Waals surface area contributed by atoms with Crippen molar-refractivity contribution in [1.82, 2.24) is 4.57 Å². The Morgan fingerprint density at radius 1 is 1.15 bits per heavy atom. The predicted molar refractivity (Wildman–Crippen MR) is 124 cm³/mol. The highest BCUT2D eigenvalue weighted by Crippen LogP contribution is 2.31. The van der Waals surface area contributed by atoms with E-state index in [1.165, 1.54) is 24.3 Å². The standard InChI is InChI=1S/C25H25N3O5/c1-15(12-23(29)33-3)27-14-18(20-6-4-5-7-22(20)27)13-21-16(2)26-28(24(21)30)19-10-8-17(9-11-19)25(31)32/h4-11,14-15,21H,12-13H2,1-3H3,(H,31,32). The number of anilines is 1. The number of rotatable bonds is 7. The number of carboxylic acids is 1. The van der Waals surface area contributed by atoms with E-state index >= 15 is 0 Å². The zero-order valence-electron chi connectivity index (χ0n) is 18.7. The number of amides is 1. The molecule has 1 amide bonds. The lowest BCUT2D eigenvalue weighted by Gasteiger charge is -2.15. The molecule has 1 aliphatic rings. The second-order valence-electron chi connectivity index (χ2n) is 8.21. The Hall–Kier alpha value is -3.94. The Balaban J connectivity index is 1.61. The average Bonchev–Trinajstić information content (AvgIpc) is 3.32. The number of hydrogen-bond donors (Lipinski definition) is 1. The summed E-state index contributed by atoms with van der Waals surface area (Å²) in [6, 6.07) is 13.9. The Morgan fingerprint density at radius 3 is 2.52 bits per heavy atom. The van der Waals surface area contributed by atoms with Crippen LogP contribution >= 0.6 is 0 Å². The fourth-order valence-electron chi connectivity index (χ4n) is 4.22. The van der Waals surface area contributed by atoms with E-state index in [1.807, 2.05) is 44.3 Å². The molecule has 170 valence electrons. The summed E-state index contributed by atoms with van der Waals surface area (Å²) in [5.41, 5.74) is 3.36. The number of fused-ring (bicyclic) bond motifs is 1. The van der Waals surface area contributed by atoms with Crippen molar-refractivity contribution in [1.29, 1.82) is 0 Å². The van der Waals surface area contributed by atoms with Gasteiger partial charge in [-0.1, -0.05) is 18.2 Å². The van der Waals surface area contributed by atoms with Gasteiger partial charge < -0.3 is 14.4 Å². The van der Waals surface area contributed by atoms with Gasteiger partial charge in [0.25, 0.3) is 5.91 Å². The summed E-state index contributed by atoms with van der Waals surface area (Å²) in [5, 5.41) is 15.9. The topological polar surface area (TPSA) is 101 Å². The lowest BCUT2D eigenvalue weighted by molar-refractivity contribution is -0.141. The van der Waals surface area contributed by atoms with Gasteiger partial charge in [0.05, 0.1) is 30.7 Å². The number of benzene rings is 2. The van der Waals surface area contributed by atoms with Crippen LogP contribution in [0.3, 0.4) is 0 Å². The number of aromatic nitrogens is 1. The molecule has 33 heavy (non-hydrogen) atoms. The minimum absolute atomic E-state index is 0.102. The van der Waals surface area contributed by atoms with Crippen molar-refractivity contribution in [2.75, 3.05) is 12.1 Å². The van der Waals surface area contributed by atoms with Crippen LogP contribution in [0.2, 0.25) is 0 Å². The molecule has 2 heterocycles. The number of methoxy groups -OCH3 is 1. The molecule has 1 aliphatic heterocycles.